The van der Waals surface area contributed by atoms with Gasteiger partial charge in [0.1, 0.15) is 5.82 Å². The molecule has 1 aromatic carbocycles. The number of non-ortho nitro benzene ring substituents is 1. The van der Waals surface area contributed by atoms with E-state index in [0.29, 0.717) is 6.42 Å². The summed E-state index contributed by atoms with van der Waals surface area (Å²) in [4.78, 5) is 9.84. The maximum Gasteiger partial charge on any atom is 0.273 e. The molecule has 0 aliphatic carbocycles. The van der Waals surface area contributed by atoms with Crippen molar-refractivity contribution in [2.24, 2.45) is 5.73 Å². The molecule has 1 rings (SSSR count). The van der Waals surface area contributed by atoms with Crippen molar-refractivity contribution >= 4 is 11.4 Å². The van der Waals surface area contributed by atoms with Crippen LogP contribution in [0.25, 0.3) is 5.70 Å². The number of benzene rings is 1. The third-order valence-corrected chi connectivity index (χ3v) is 2.22. The maximum atomic E-state index is 13.2. The van der Waals surface area contributed by atoms with Gasteiger partial charge in [0, 0.05) is 11.6 Å². The van der Waals surface area contributed by atoms with Crippen LogP contribution in [0.15, 0.2) is 23.8 Å². The highest BCUT2D eigenvalue weighted by molar-refractivity contribution is 5.70. The third-order valence-electron chi connectivity index (χ3n) is 2.22. The molecule has 0 unspecified atom stereocenters. The maximum absolute atomic E-state index is 13.2. The molecule has 17 heavy (non-hydrogen) atoms. The second-order valence-electron chi connectivity index (χ2n) is 3.31. The van der Waals surface area contributed by atoms with Crippen molar-refractivity contribution in [3.8, 4) is 6.07 Å². The van der Waals surface area contributed by atoms with E-state index < -0.39 is 16.4 Å². The van der Waals surface area contributed by atoms with Gasteiger partial charge in [-0.2, -0.15) is 5.26 Å². The molecule has 0 aromatic heterocycles. The normalized spacial score (nSPS) is 11.6. The number of allylic oxidation sites excluding steroid dienone is 1. The van der Waals surface area contributed by atoms with Gasteiger partial charge in [-0.25, -0.2) is 4.39 Å². The summed E-state index contributed by atoms with van der Waals surface area (Å²) >= 11 is 0. The van der Waals surface area contributed by atoms with Crippen LogP contribution in [0.5, 0.6) is 0 Å². The molecule has 1 aromatic rings. The molecule has 2 N–H and O–H groups in total. The predicted molar refractivity (Wildman–Crippen MR) is 60.1 cm³/mol. The molecule has 6 heteroatoms. The summed E-state index contributed by atoms with van der Waals surface area (Å²) < 4.78 is 13.2. The fourth-order valence-electron chi connectivity index (χ4n) is 1.34. The molecule has 0 radical (unpaired) electrons. The quantitative estimate of drug-likeness (QED) is 0.494. The van der Waals surface area contributed by atoms with Crippen LogP contribution in [-0.4, -0.2) is 4.92 Å². The van der Waals surface area contributed by atoms with Crippen LogP contribution in [-0.2, 0) is 0 Å². The Morgan fingerprint density at radius 3 is 2.71 bits per heavy atom. The molecular weight excluding hydrogens is 225 g/mol. The number of nitrogens with zero attached hydrogens (tertiary/aromatic N) is 2. The number of hydrogen-bond donors (Lipinski definition) is 1. The van der Waals surface area contributed by atoms with E-state index in [4.69, 9.17) is 11.0 Å². The molecule has 0 heterocycles. The number of rotatable bonds is 3. The average Bonchev–Trinajstić information content (AvgIpc) is 2.29. The molecule has 88 valence electrons. The number of hydrogen-bond acceptors (Lipinski definition) is 4. The number of halogens is 1. The van der Waals surface area contributed by atoms with Crippen molar-refractivity contribution < 1.29 is 9.31 Å². The second kappa shape index (κ2) is 5.07. The number of nitro benzene ring substituents is 1. The minimum Gasteiger partial charge on any atom is -0.397 e. The van der Waals surface area contributed by atoms with Crippen LogP contribution in [0.3, 0.4) is 0 Å². The van der Waals surface area contributed by atoms with Gasteiger partial charge in [-0.1, -0.05) is 6.92 Å². The molecule has 0 bridgehead atoms. The summed E-state index contributed by atoms with van der Waals surface area (Å²) in [6.07, 6.45) is 0.382. The Balaban J connectivity index is 3.38. The molecule has 0 amide bonds. The van der Waals surface area contributed by atoms with E-state index in [9.17, 15) is 14.5 Å². The molecule has 0 atom stereocenters. The first-order valence-corrected chi connectivity index (χ1v) is 4.83. The zero-order valence-corrected chi connectivity index (χ0v) is 9.11. The Morgan fingerprint density at radius 2 is 2.24 bits per heavy atom. The van der Waals surface area contributed by atoms with Crippen LogP contribution >= 0.6 is 0 Å². The molecule has 0 fully saturated rings. The lowest BCUT2D eigenvalue weighted by Crippen LogP contribution is -2.02. The number of nitro groups is 1. The van der Waals surface area contributed by atoms with E-state index in [2.05, 4.69) is 0 Å². The minimum atomic E-state index is -0.759. The monoisotopic (exact) mass is 235 g/mol. The summed E-state index contributed by atoms with van der Waals surface area (Å²) in [6.45, 7) is 1.72. The number of nitriles is 1. The summed E-state index contributed by atoms with van der Waals surface area (Å²) in [7, 11) is 0. The molecule has 0 aliphatic rings. The summed E-state index contributed by atoms with van der Waals surface area (Å²) in [5, 5.41) is 19.3. The lowest BCUT2D eigenvalue weighted by atomic mass is 10.1. The fourth-order valence-corrected chi connectivity index (χ4v) is 1.34. The van der Waals surface area contributed by atoms with Gasteiger partial charge < -0.3 is 5.73 Å². The highest BCUT2D eigenvalue weighted by Crippen LogP contribution is 2.22. The van der Waals surface area contributed by atoms with E-state index in [1.54, 1.807) is 6.92 Å². The summed E-state index contributed by atoms with van der Waals surface area (Å²) in [5.74, 6) is -0.759. The van der Waals surface area contributed by atoms with Crippen molar-refractivity contribution in [2.75, 3.05) is 0 Å². The molecule has 0 aliphatic heterocycles. The van der Waals surface area contributed by atoms with E-state index >= 15 is 0 Å². The summed E-state index contributed by atoms with van der Waals surface area (Å²) in [6, 6.07) is 4.89. The Kier molecular flexibility index (Phi) is 3.78. The molecular formula is C11H10FN3O2. The Labute approximate surface area is 97.1 Å². The topological polar surface area (TPSA) is 93.0 Å². The van der Waals surface area contributed by atoms with Gasteiger partial charge in [0.15, 0.2) is 0 Å². The third kappa shape index (κ3) is 2.78. The zero-order valence-electron chi connectivity index (χ0n) is 9.11. The van der Waals surface area contributed by atoms with Crippen molar-refractivity contribution in [3.63, 3.8) is 0 Å². The van der Waals surface area contributed by atoms with Gasteiger partial charge in [0.05, 0.1) is 28.3 Å². The molecule has 0 saturated heterocycles. The van der Waals surface area contributed by atoms with Crippen LogP contribution in [0.4, 0.5) is 10.1 Å². The van der Waals surface area contributed by atoms with Crippen molar-refractivity contribution in [2.45, 2.75) is 13.3 Å². The standard InChI is InChI=1S/C11H10FN3O2/c1-2-7(6-13)11(14)8-3-9(12)5-10(4-8)15(16)17/h3-5H,2,14H2,1H3/b11-7-. The van der Waals surface area contributed by atoms with Crippen molar-refractivity contribution in [1.82, 2.24) is 0 Å². The Bertz CT molecular complexity index is 532. The van der Waals surface area contributed by atoms with Crippen molar-refractivity contribution in [1.29, 1.82) is 5.26 Å². The lowest BCUT2D eigenvalue weighted by molar-refractivity contribution is -0.385. The van der Waals surface area contributed by atoms with Crippen molar-refractivity contribution in [3.05, 3.63) is 45.3 Å². The Hall–Kier alpha value is -2.42. The molecule has 0 spiro atoms. The van der Waals surface area contributed by atoms with E-state index in [-0.39, 0.29) is 16.8 Å². The Morgan fingerprint density at radius 1 is 1.59 bits per heavy atom. The lowest BCUT2D eigenvalue weighted by Gasteiger charge is -2.04. The van der Waals surface area contributed by atoms with Gasteiger partial charge in [-0.3, -0.25) is 10.1 Å². The predicted octanol–water partition coefficient (Wildman–Crippen LogP) is 2.34. The largest absolute Gasteiger partial charge is 0.397 e. The second-order valence-corrected chi connectivity index (χ2v) is 3.31. The minimum absolute atomic E-state index is 0.0672. The SMILES string of the molecule is CC/C(C#N)=C(/N)c1cc(F)cc([N+](=O)[O-])c1. The van der Waals surface area contributed by atoms with Crippen LogP contribution < -0.4 is 5.73 Å². The number of nitrogens with two attached hydrogens (primary N) is 1. The highest BCUT2D eigenvalue weighted by atomic mass is 19.1. The van der Waals surface area contributed by atoms with Gasteiger partial charge >= 0.3 is 0 Å². The average molecular weight is 235 g/mol. The first-order chi connectivity index (χ1) is 7.99. The van der Waals surface area contributed by atoms with Gasteiger partial charge in [0.2, 0.25) is 0 Å². The van der Waals surface area contributed by atoms with Crippen LogP contribution in [0, 0.1) is 27.3 Å². The fraction of sp³-hybridized carbons (Fsp3) is 0.182. The van der Waals surface area contributed by atoms with E-state index in [1.807, 2.05) is 6.07 Å². The smallest absolute Gasteiger partial charge is 0.273 e. The van der Waals surface area contributed by atoms with Gasteiger partial charge in [-0.15, -0.1) is 0 Å². The van der Waals surface area contributed by atoms with Crippen LogP contribution in [0.1, 0.15) is 18.9 Å². The van der Waals surface area contributed by atoms with Gasteiger partial charge in [-0.05, 0) is 12.5 Å². The first kappa shape index (κ1) is 12.6. The van der Waals surface area contributed by atoms with E-state index in [0.717, 1.165) is 18.2 Å². The van der Waals surface area contributed by atoms with Crippen LogP contribution in [0.2, 0.25) is 0 Å². The first-order valence-electron chi connectivity index (χ1n) is 4.83. The van der Waals surface area contributed by atoms with E-state index in [1.165, 1.54) is 0 Å². The molecule has 5 nitrogen and oxygen atoms in total. The summed E-state index contributed by atoms with van der Waals surface area (Å²) in [5.41, 5.74) is 5.76. The van der Waals surface area contributed by atoms with Gasteiger partial charge in [0.25, 0.3) is 5.69 Å². The highest BCUT2D eigenvalue weighted by Gasteiger charge is 2.13. The zero-order chi connectivity index (χ0) is 13.0. The molecule has 0 saturated carbocycles.